The zero-order valence-corrected chi connectivity index (χ0v) is 12.5. The zero-order valence-electron chi connectivity index (χ0n) is 12.5. The first kappa shape index (κ1) is 18.4. The molecule has 0 spiro atoms. The first-order chi connectivity index (χ1) is 9.07. The number of aliphatic carboxylic acids is 1. The smallest absolute Gasteiger partial charge is 0.306 e. The molecule has 0 bridgehead atoms. The molecular weight excluding hydrogens is 246 g/mol. The van der Waals surface area contributed by atoms with E-state index < -0.39 is 5.97 Å². The van der Waals surface area contributed by atoms with Crippen molar-refractivity contribution in [2.24, 2.45) is 5.92 Å². The Morgan fingerprint density at radius 2 is 1.89 bits per heavy atom. The van der Waals surface area contributed by atoms with E-state index in [2.05, 4.69) is 12.2 Å². The molecule has 0 aromatic rings. The van der Waals surface area contributed by atoms with Gasteiger partial charge in [0.15, 0.2) is 0 Å². The minimum Gasteiger partial charge on any atom is -0.481 e. The van der Waals surface area contributed by atoms with Crippen molar-refractivity contribution in [1.29, 1.82) is 0 Å². The highest BCUT2D eigenvalue weighted by Gasteiger charge is 2.10. The molecule has 0 rings (SSSR count). The van der Waals surface area contributed by atoms with Crippen LogP contribution in [0.1, 0.15) is 39.5 Å². The summed E-state index contributed by atoms with van der Waals surface area (Å²) in [6.07, 6.45) is 3.70. The quantitative estimate of drug-likeness (QED) is 0.503. The Morgan fingerprint density at radius 1 is 1.16 bits per heavy atom. The van der Waals surface area contributed by atoms with Crippen molar-refractivity contribution in [2.75, 3.05) is 33.5 Å². The number of ether oxygens (including phenoxy) is 2. The monoisotopic (exact) mass is 275 g/mol. The fraction of sp³-hybridized carbons (Fsp3) is 0.929. The molecule has 0 aliphatic heterocycles. The van der Waals surface area contributed by atoms with Crippen molar-refractivity contribution in [3.63, 3.8) is 0 Å². The van der Waals surface area contributed by atoms with Crippen LogP contribution in [-0.4, -0.2) is 50.6 Å². The fourth-order valence-electron chi connectivity index (χ4n) is 1.72. The Hall–Kier alpha value is -0.650. The minimum atomic E-state index is -0.700. The summed E-state index contributed by atoms with van der Waals surface area (Å²) in [7, 11) is 1.66. The molecule has 5 nitrogen and oxygen atoms in total. The van der Waals surface area contributed by atoms with Crippen molar-refractivity contribution >= 4 is 5.97 Å². The van der Waals surface area contributed by atoms with Gasteiger partial charge in [0.2, 0.25) is 0 Å². The van der Waals surface area contributed by atoms with Crippen LogP contribution in [0.25, 0.3) is 0 Å². The molecule has 2 N–H and O–H groups in total. The van der Waals surface area contributed by atoms with E-state index in [9.17, 15) is 4.79 Å². The number of carboxylic acids is 1. The average Bonchev–Trinajstić information content (AvgIpc) is 2.37. The molecule has 0 aliphatic rings. The summed E-state index contributed by atoms with van der Waals surface area (Å²) >= 11 is 0. The Bertz CT molecular complexity index is 223. The topological polar surface area (TPSA) is 67.8 Å². The standard InChI is InChI=1S/C14H29NO4/c1-12(14(16)17)6-4-7-13(2)15-8-5-9-19-11-10-18-3/h12-13,15H,4-11H2,1-3H3,(H,16,17). The van der Waals surface area contributed by atoms with Gasteiger partial charge in [-0.05, 0) is 32.7 Å². The maximum atomic E-state index is 10.7. The molecule has 2 atom stereocenters. The molecule has 0 amide bonds. The normalized spacial score (nSPS) is 14.3. The van der Waals surface area contributed by atoms with Gasteiger partial charge in [0.1, 0.15) is 0 Å². The van der Waals surface area contributed by atoms with Crippen LogP contribution in [0.3, 0.4) is 0 Å². The summed E-state index contributed by atoms with van der Waals surface area (Å²) in [4.78, 5) is 10.7. The summed E-state index contributed by atoms with van der Waals surface area (Å²) in [5.41, 5.74) is 0. The SMILES string of the molecule is COCCOCCCNC(C)CCCC(C)C(=O)O. The predicted octanol–water partition coefficient (Wildman–Crippen LogP) is 1.91. The van der Waals surface area contributed by atoms with Crippen molar-refractivity contribution in [3.05, 3.63) is 0 Å². The second kappa shape index (κ2) is 12.4. The first-order valence-corrected chi connectivity index (χ1v) is 7.10. The molecule has 0 aromatic heterocycles. The third-order valence-electron chi connectivity index (χ3n) is 3.09. The Labute approximate surface area is 116 Å². The Kier molecular flexibility index (Phi) is 12.0. The summed E-state index contributed by atoms with van der Waals surface area (Å²) in [6, 6.07) is 0.431. The number of carboxylic acid groups (broad SMARTS) is 1. The molecule has 0 fully saturated rings. The minimum absolute atomic E-state index is 0.235. The number of hydrogen-bond acceptors (Lipinski definition) is 4. The van der Waals surface area contributed by atoms with Gasteiger partial charge in [-0.3, -0.25) is 4.79 Å². The van der Waals surface area contributed by atoms with E-state index in [1.54, 1.807) is 14.0 Å². The van der Waals surface area contributed by atoms with Crippen molar-refractivity contribution in [1.82, 2.24) is 5.32 Å². The number of methoxy groups -OCH3 is 1. The van der Waals surface area contributed by atoms with Gasteiger partial charge in [-0.2, -0.15) is 0 Å². The highest BCUT2D eigenvalue weighted by Crippen LogP contribution is 2.09. The van der Waals surface area contributed by atoms with E-state index in [1.807, 2.05) is 0 Å². The Balaban J connectivity index is 3.30. The van der Waals surface area contributed by atoms with Crippen LogP contribution >= 0.6 is 0 Å². The second-order valence-corrected chi connectivity index (χ2v) is 4.98. The molecule has 114 valence electrons. The van der Waals surface area contributed by atoms with E-state index in [-0.39, 0.29) is 5.92 Å². The molecule has 0 saturated carbocycles. The van der Waals surface area contributed by atoms with E-state index in [4.69, 9.17) is 14.6 Å². The summed E-state index contributed by atoms with van der Waals surface area (Å²) < 4.78 is 10.2. The summed E-state index contributed by atoms with van der Waals surface area (Å²) in [6.45, 7) is 6.88. The third kappa shape index (κ3) is 12.1. The number of rotatable bonds is 13. The second-order valence-electron chi connectivity index (χ2n) is 4.98. The van der Waals surface area contributed by atoms with E-state index >= 15 is 0 Å². The number of nitrogens with one attached hydrogen (secondary N) is 1. The van der Waals surface area contributed by atoms with Gasteiger partial charge in [0.25, 0.3) is 0 Å². The van der Waals surface area contributed by atoms with E-state index in [1.165, 1.54) is 0 Å². The fourth-order valence-corrected chi connectivity index (χ4v) is 1.72. The van der Waals surface area contributed by atoms with Crippen LogP contribution in [0.15, 0.2) is 0 Å². The molecule has 0 heterocycles. The van der Waals surface area contributed by atoms with Gasteiger partial charge in [-0.25, -0.2) is 0 Å². The highest BCUT2D eigenvalue weighted by atomic mass is 16.5. The van der Waals surface area contributed by atoms with E-state index in [0.717, 1.165) is 38.8 Å². The van der Waals surface area contributed by atoms with Gasteiger partial charge in [-0.1, -0.05) is 13.3 Å². The van der Waals surface area contributed by atoms with E-state index in [0.29, 0.717) is 19.3 Å². The van der Waals surface area contributed by atoms with Crippen LogP contribution in [-0.2, 0) is 14.3 Å². The molecule has 0 saturated heterocycles. The van der Waals surface area contributed by atoms with Crippen LogP contribution in [0, 0.1) is 5.92 Å². The maximum Gasteiger partial charge on any atom is 0.306 e. The van der Waals surface area contributed by atoms with Gasteiger partial charge >= 0.3 is 5.97 Å². The van der Waals surface area contributed by atoms with Crippen molar-refractivity contribution < 1.29 is 19.4 Å². The Morgan fingerprint density at radius 3 is 2.53 bits per heavy atom. The van der Waals surface area contributed by atoms with Gasteiger partial charge in [0, 0.05) is 19.8 Å². The largest absolute Gasteiger partial charge is 0.481 e. The molecule has 5 heteroatoms. The van der Waals surface area contributed by atoms with Crippen LogP contribution in [0.5, 0.6) is 0 Å². The van der Waals surface area contributed by atoms with Gasteiger partial charge in [-0.15, -0.1) is 0 Å². The van der Waals surface area contributed by atoms with Gasteiger partial charge < -0.3 is 19.9 Å². The summed E-state index contributed by atoms with van der Waals surface area (Å²) in [5.74, 6) is -0.935. The lowest BCUT2D eigenvalue weighted by Gasteiger charge is -2.14. The first-order valence-electron chi connectivity index (χ1n) is 7.10. The van der Waals surface area contributed by atoms with Gasteiger partial charge in [0.05, 0.1) is 19.1 Å². The number of hydrogen-bond donors (Lipinski definition) is 2. The lowest BCUT2D eigenvalue weighted by molar-refractivity contribution is -0.141. The van der Waals surface area contributed by atoms with Crippen LogP contribution < -0.4 is 5.32 Å². The lowest BCUT2D eigenvalue weighted by atomic mass is 10.0. The van der Waals surface area contributed by atoms with Crippen LogP contribution in [0.2, 0.25) is 0 Å². The molecule has 2 unspecified atom stereocenters. The zero-order chi connectivity index (χ0) is 14.5. The van der Waals surface area contributed by atoms with Crippen molar-refractivity contribution in [3.8, 4) is 0 Å². The third-order valence-corrected chi connectivity index (χ3v) is 3.09. The molecular formula is C14H29NO4. The maximum absolute atomic E-state index is 10.7. The lowest BCUT2D eigenvalue weighted by Crippen LogP contribution is -2.28. The van der Waals surface area contributed by atoms with Crippen LogP contribution in [0.4, 0.5) is 0 Å². The number of carbonyl (C=O) groups is 1. The summed E-state index contributed by atoms with van der Waals surface area (Å²) in [5, 5.41) is 12.2. The molecule has 19 heavy (non-hydrogen) atoms. The molecule has 0 aromatic carbocycles. The van der Waals surface area contributed by atoms with Crippen molar-refractivity contribution in [2.45, 2.75) is 45.6 Å². The predicted molar refractivity (Wildman–Crippen MR) is 75.4 cm³/mol. The average molecular weight is 275 g/mol. The highest BCUT2D eigenvalue weighted by molar-refractivity contribution is 5.69. The molecule has 0 radical (unpaired) electrons. The molecule has 0 aliphatic carbocycles.